The van der Waals surface area contributed by atoms with Crippen LogP contribution in [0.25, 0.3) is 0 Å². The molecule has 0 unspecified atom stereocenters. The predicted octanol–water partition coefficient (Wildman–Crippen LogP) is 2.60. The number of hydrogen-bond acceptors (Lipinski definition) is 3. The number of anilines is 1. The maximum absolute atomic E-state index is 10.9. The minimum absolute atomic E-state index is 0.0514. The Labute approximate surface area is 125 Å². The third-order valence-electron chi connectivity index (χ3n) is 2.56. The molecule has 0 spiro atoms. The molecule has 0 aliphatic heterocycles. The van der Waals surface area contributed by atoms with Crippen LogP contribution in [0.15, 0.2) is 12.1 Å². The summed E-state index contributed by atoms with van der Waals surface area (Å²) in [6.45, 7) is 1.44. The number of carboxylic acids is 1. The van der Waals surface area contributed by atoms with Crippen LogP contribution in [0.1, 0.15) is 12.5 Å². The van der Waals surface area contributed by atoms with Crippen LogP contribution in [-0.4, -0.2) is 33.1 Å². The lowest BCUT2D eigenvalue weighted by molar-refractivity contribution is -0.137. The number of rotatable bonds is 6. The van der Waals surface area contributed by atoms with Crippen molar-refractivity contribution in [2.75, 3.05) is 11.5 Å². The molecule has 0 saturated heterocycles. The molecule has 0 heterocycles. The summed E-state index contributed by atoms with van der Waals surface area (Å²) in [4.78, 5) is 28.6. The lowest BCUT2D eigenvalue weighted by Crippen LogP contribution is -2.26. The van der Waals surface area contributed by atoms with Gasteiger partial charge in [-0.05, 0) is 31.0 Å². The van der Waals surface area contributed by atoms with Crippen LogP contribution in [0.3, 0.4) is 0 Å². The van der Waals surface area contributed by atoms with E-state index in [1.54, 1.807) is 0 Å². The second-order valence-corrected chi connectivity index (χ2v) is 6.86. The Kier molecular flexibility index (Phi) is 5.86. The highest BCUT2D eigenvalue weighted by atomic mass is 35.5. The van der Waals surface area contributed by atoms with E-state index in [0.717, 1.165) is 0 Å². The van der Waals surface area contributed by atoms with E-state index >= 15 is 0 Å². The summed E-state index contributed by atoms with van der Waals surface area (Å²) in [7, 11) is -4.15. The average molecular weight is 342 g/mol. The number of nitrogens with one attached hydrogen (secondary N) is 1. The van der Waals surface area contributed by atoms with Crippen molar-refractivity contribution in [3.63, 3.8) is 0 Å². The third-order valence-corrected chi connectivity index (χ3v) is 4.09. The van der Waals surface area contributed by atoms with Crippen LogP contribution in [-0.2, 0) is 15.8 Å². The molecular formula is C11H14Cl2NO5P. The molecule has 1 atom stereocenters. The minimum Gasteiger partial charge on any atom is -0.480 e. The van der Waals surface area contributed by atoms with Gasteiger partial charge in [-0.15, -0.1) is 0 Å². The lowest BCUT2D eigenvalue weighted by atomic mass is 10.1. The van der Waals surface area contributed by atoms with Crippen molar-refractivity contribution >= 4 is 42.5 Å². The van der Waals surface area contributed by atoms with E-state index in [1.165, 1.54) is 19.1 Å². The molecule has 20 heavy (non-hydrogen) atoms. The topological polar surface area (TPSA) is 107 Å². The highest BCUT2D eigenvalue weighted by Crippen LogP contribution is 2.37. The van der Waals surface area contributed by atoms with E-state index in [1.807, 2.05) is 0 Å². The summed E-state index contributed by atoms with van der Waals surface area (Å²) in [6.07, 6.45) is -0.309. The molecule has 0 radical (unpaired) electrons. The number of hydrogen-bond donors (Lipinski definition) is 4. The molecule has 0 aliphatic rings. The second kappa shape index (κ2) is 6.78. The van der Waals surface area contributed by atoms with Crippen LogP contribution in [0.2, 0.25) is 10.0 Å². The van der Waals surface area contributed by atoms with Crippen molar-refractivity contribution < 1.29 is 24.3 Å². The number of carbonyl (C=O) groups is 1. The van der Waals surface area contributed by atoms with Crippen LogP contribution in [0.4, 0.5) is 5.69 Å². The highest BCUT2D eigenvalue weighted by Gasteiger charge is 2.18. The number of aryl methyl sites for hydroxylation is 1. The van der Waals surface area contributed by atoms with Gasteiger partial charge in [0.2, 0.25) is 0 Å². The molecule has 0 saturated carbocycles. The van der Waals surface area contributed by atoms with Crippen LogP contribution >= 0.6 is 30.8 Å². The van der Waals surface area contributed by atoms with Crippen molar-refractivity contribution in [2.45, 2.75) is 19.4 Å². The summed E-state index contributed by atoms with van der Waals surface area (Å²) < 4.78 is 10.9. The first-order valence-corrected chi connectivity index (χ1v) is 8.17. The molecule has 0 amide bonds. The van der Waals surface area contributed by atoms with Gasteiger partial charge in [-0.2, -0.15) is 0 Å². The molecule has 1 aromatic rings. The molecule has 0 aliphatic carbocycles. The largest absolute Gasteiger partial charge is 0.480 e. The lowest BCUT2D eigenvalue weighted by Gasteiger charge is -2.16. The first-order chi connectivity index (χ1) is 9.10. The molecule has 0 fully saturated rings. The second-order valence-electron chi connectivity index (χ2n) is 4.27. The van der Waals surface area contributed by atoms with Gasteiger partial charge >= 0.3 is 13.6 Å². The van der Waals surface area contributed by atoms with Crippen molar-refractivity contribution in [2.24, 2.45) is 0 Å². The van der Waals surface area contributed by atoms with Crippen LogP contribution < -0.4 is 5.32 Å². The molecule has 9 heteroatoms. The van der Waals surface area contributed by atoms with E-state index in [4.69, 9.17) is 38.1 Å². The zero-order chi connectivity index (χ0) is 15.5. The van der Waals surface area contributed by atoms with E-state index in [2.05, 4.69) is 5.32 Å². The maximum Gasteiger partial charge on any atom is 0.325 e. The molecular weight excluding hydrogens is 328 g/mol. The monoisotopic (exact) mass is 341 g/mol. The van der Waals surface area contributed by atoms with Gasteiger partial charge in [0.1, 0.15) is 6.04 Å². The zero-order valence-corrected chi connectivity index (χ0v) is 12.9. The van der Waals surface area contributed by atoms with Crippen LogP contribution in [0.5, 0.6) is 0 Å². The number of aliphatic carboxylic acids is 1. The first-order valence-electron chi connectivity index (χ1n) is 5.62. The van der Waals surface area contributed by atoms with Crippen molar-refractivity contribution in [1.82, 2.24) is 0 Å². The minimum atomic E-state index is -4.15. The van der Waals surface area contributed by atoms with E-state index < -0.39 is 19.6 Å². The Morgan fingerprint density at radius 2 is 1.90 bits per heavy atom. The van der Waals surface area contributed by atoms with Gasteiger partial charge < -0.3 is 20.2 Å². The average Bonchev–Trinajstić information content (AvgIpc) is 2.30. The summed E-state index contributed by atoms with van der Waals surface area (Å²) in [5, 5.41) is 12.1. The SMILES string of the molecule is C[C@H](Nc1cc(Cl)c(Cl)cc1CCP(=O)(O)O)C(=O)O. The van der Waals surface area contributed by atoms with Gasteiger partial charge in [-0.1, -0.05) is 23.2 Å². The van der Waals surface area contributed by atoms with Gasteiger partial charge in [0.15, 0.2) is 0 Å². The van der Waals surface area contributed by atoms with Gasteiger partial charge in [0, 0.05) is 5.69 Å². The quantitative estimate of drug-likeness (QED) is 0.592. The smallest absolute Gasteiger partial charge is 0.325 e. The van der Waals surface area contributed by atoms with E-state index in [-0.39, 0.29) is 22.6 Å². The molecule has 6 nitrogen and oxygen atoms in total. The highest BCUT2D eigenvalue weighted by molar-refractivity contribution is 7.51. The summed E-state index contributed by atoms with van der Waals surface area (Å²) >= 11 is 11.7. The molecule has 4 N–H and O–H groups in total. The zero-order valence-electron chi connectivity index (χ0n) is 10.5. The molecule has 112 valence electrons. The van der Waals surface area contributed by atoms with Gasteiger partial charge in [-0.3, -0.25) is 9.36 Å². The number of benzene rings is 1. The Morgan fingerprint density at radius 3 is 2.40 bits per heavy atom. The number of carboxylic acid groups (broad SMARTS) is 1. The van der Waals surface area contributed by atoms with Gasteiger partial charge in [0.25, 0.3) is 0 Å². The summed E-state index contributed by atoms with van der Waals surface area (Å²) in [5.74, 6) is -1.06. The van der Waals surface area contributed by atoms with Gasteiger partial charge in [0.05, 0.1) is 16.2 Å². The standard InChI is InChI=1S/C11H14Cl2NO5P/c1-6(11(15)16)14-10-5-9(13)8(12)4-7(10)2-3-20(17,18)19/h4-6,14H,2-3H2,1H3,(H,15,16)(H2,17,18,19)/t6-/m0/s1. The van der Waals surface area contributed by atoms with Crippen molar-refractivity contribution in [3.05, 3.63) is 27.7 Å². The Morgan fingerprint density at radius 1 is 1.35 bits per heavy atom. The number of halogens is 2. The third kappa shape index (κ3) is 5.31. The predicted molar refractivity (Wildman–Crippen MR) is 77.8 cm³/mol. The fraction of sp³-hybridized carbons (Fsp3) is 0.364. The van der Waals surface area contributed by atoms with E-state index in [0.29, 0.717) is 11.3 Å². The summed E-state index contributed by atoms with van der Waals surface area (Å²) in [6, 6.07) is 2.04. The fourth-order valence-corrected chi connectivity index (χ4v) is 2.37. The molecule has 0 aromatic heterocycles. The first kappa shape index (κ1) is 17.3. The molecule has 0 bridgehead atoms. The van der Waals surface area contributed by atoms with Crippen LogP contribution in [0, 0.1) is 0 Å². The molecule has 1 aromatic carbocycles. The van der Waals surface area contributed by atoms with Crippen molar-refractivity contribution in [3.8, 4) is 0 Å². The molecule has 1 rings (SSSR count). The summed E-state index contributed by atoms with van der Waals surface area (Å²) in [5.41, 5.74) is 0.888. The normalized spacial score (nSPS) is 13.1. The maximum atomic E-state index is 10.9. The Balaban J connectivity index is 3.04. The Hall–Kier alpha value is -0.780. The van der Waals surface area contributed by atoms with E-state index in [9.17, 15) is 9.36 Å². The van der Waals surface area contributed by atoms with Crippen molar-refractivity contribution in [1.29, 1.82) is 0 Å². The Bertz CT molecular complexity index is 560. The fourth-order valence-electron chi connectivity index (χ4n) is 1.49. The van der Waals surface area contributed by atoms with Gasteiger partial charge in [-0.25, -0.2) is 0 Å².